The first-order chi connectivity index (χ1) is 11.1. The summed E-state index contributed by atoms with van der Waals surface area (Å²) >= 11 is 1.66. The average Bonchev–Trinajstić information content (AvgIpc) is 2.56. The zero-order valence-electron chi connectivity index (χ0n) is 13.6. The van der Waals surface area contributed by atoms with Gasteiger partial charge >= 0.3 is 0 Å². The third kappa shape index (κ3) is 5.55. The second-order valence-corrected chi connectivity index (χ2v) is 6.67. The number of carbonyl (C=O) groups excluding carboxylic acids is 2. The van der Waals surface area contributed by atoms with E-state index in [1.54, 1.807) is 11.8 Å². The molecule has 2 amide bonds. The van der Waals surface area contributed by atoms with Crippen molar-refractivity contribution < 1.29 is 14.3 Å². The van der Waals surface area contributed by atoms with E-state index in [1.807, 2.05) is 18.4 Å². The summed E-state index contributed by atoms with van der Waals surface area (Å²) in [7, 11) is 0. The fraction of sp³-hybridized carbons (Fsp3) is 0.529. The Morgan fingerprint density at radius 3 is 2.78 bits per heavy atom. The fourth-order valence-electron chi connectivity index (χ4n) is 2.63. The lowest BCUT2D eigenvalue weighted by Gasteiger charge is -2.26. The lowest BCUT2D eigenvalue weighted by molar-refractivity contribution is -0.128. The molecule has 0 aromatic heterocycles. The number of rotatable bonds is 7. The maximum atomic E-state index is 12.3. The van der Waals surface area contributed by atoms with Crippen LogP contribution in [0.1, 0.15) is 24.5 Å². The van der Waals surface area contributed by atoms with E-state index in [0.29, 0.717) is 19.6 Å². The van der Waals surface area contributed by atoms with E-state index < -0.39 is 6.04 Å². The highest BCUT2D eigenvalue weighted by Gasteiger charge is 2.22. The van der Waals surface area contributed by atoms with Gasteiger partial charge in [-0.25, -0.2) is 0 Å². The van der Waals surface area contributed by atoms with Gasteiger partial charge in [0.2, 0.25) is 11.8 Å². The molecule has 0 aliphatic carbocycles. The summed E-state index contributed by atoms with van der Waals surface area (Å²) in [5.74, 6) is 0.497. The van der Waals surface area contributed by atoms with Crippen LogP contribution in [0.3, 0.4) is 0 Å². The van der Waals surface area contributed by atoms with E-state index in [1.165, 1.54) is 18.1 Å². The first-order valence-corrected chi connectivity index (χ1v) is 9.21. The number of ether oxygens (including phenoxy) is 1. The molecule has 0 fully saturated rings. The molecule has 0 radical (unpaired) electrons. The smallest absolute Gasteiger partial charge is 0.242 e. The van der Waals surface area contributed by atoms with E-state index in [9.17, 15) is 9.59 Å². The summed E-state index contributed by atoms with van der Waals surface area (Å²) in [5, 5.41) is 5.62. The number of thioether (sulfide) groups is 1. The lowest BCUT2D eigenvalue weighted by Crippen LogP contribution is -2.48. The van der Waals surface area contributed by atoms with Crippen LogP contribution < -0.4 is 10.6 Å². The number of amides is 2. The Morgan fingerprint density at radius 2 is 2.09 bits per heavy atom. The van der Waals surface area contributed by atoms with Gasteiger partial charge in [0.25, 0.3) is 0 Å². The van der Waals surface area contributed by atoms with Gasteiger partial charge in [0.05, 0.1) is 12.7 Å². The number of carbonyl (C=O) groups is 2. The van der Waals surface area contributed by atoms with Crippen molar-refractivity contribution in [2.45, 2.75) is 38.5 Å². The summed E-state index contributed by atoms with van der Waals surface area (Å²) in [6.07, 6.45) is 3.38. The molecule has 0 saturated heterocycles. The SMILES string of the molecule is CSCCC(NC(C)=O)C(=O)NCC1Cc2ccccc2CO1. The minimum atomic E-state index is -0.476. The molecule has 0 spiro atoms. The van der Waals surface area contributed by atoms with Crippen molar-refractivity contribution >= 4 is 23.6 Å². The van der Waals surface area contributed by atoms with Crippen LogP contribution in [0.2, 0.25) is 0 Å². The van der Waals surface area contributed by atoms with Crippen LogP contribution in [-0.2, 0) is 27.4 Å². The largest absolute Gasteiger partial charge is 0.371 e. The maximum absolute atomic E-state index is 12.3. The van der Waals surface area contributed by atoms with Crippen LogP contribution >= 0.6 is 11.8 Å². The van der Waals surface area contributed by atoms with Crippen LogP contribution in [0, 0.1) is 0 Å². The van der Waals surface area contributed by atoms with Crippen molar-refractivity contribution in [1.82, 2.24) is 10.6 Å². The molecule has 1 aliphatic rings. The minimum absolute atomic E-state index is 0.0209. The molecule has 2 unspecified atom stereocenters. The molecule has 1 aromatic rings. The molecule has 6 heteroatoms. The molecule has 0 saturated carbocycles. The molecule has 2 atom stereocenters. The Balaban J connectivity index is 1.84. The van der Waals surface area contributed by atoms with Crippen LogP contribution in [0.4, 0.5) is 0 Å². The Labute approximate surface area is 141 Å². The summed E-state index contributed by atoms with van der Waals surface area (Å²) in [6, 6.07) is 7.73. The monoisotopic (exact) mass is 336 g/mol. The van der Waals surface area contributed by atoms with Crippen molar-refractivity contribution in [1.29, 1.82) is 0 Å². The van der Waals surface area contributed by atoms with Crippen LogP contribution in [-0.4, -0.2) is 42.5 Å². The van der Waals surface area contributed by atoms with Crippen molar-refractivity contribution in [3.8, 4) is 0 Å². The predicted octanol–water partition coefficient (Wildman–Crippen LogP) is 1.50. The van der Waals surface area contributed by atoms with Crippen LogP contribution in [0.15, 0.2) is 24.3 Å². The molecule has 2 rings (SSSR count). The molecule has 0 bridgehead atoms. The fourth-order valence-corrected chi connectivity index (χ4v) is 3.10. The van der Waals surface area contributed by atoms with Crippen LogP contribution in [0.5, 0.6) is 0 Å². The van der Waals surface area contributed by atoms with E-state index in [0.717, 1.165) is 12.2 Å². The van der Waals surface area contributed by atoms with Gasteiger partial charge in [-0.15, -0.1) is 0 Å². The number of hydrogen-bond acceptors (Lipinski definition) is 4. The molecule has 1 aromatic carbocycles. The van der Waals surface area contributed by atoms with Crippen molar-refractivity contribution in [2.24, 2.45) is 0 Å². The Hall–Kier alpha value is -1.53. The predicted molar refractivity (Wildman–Crippen MR) is 92.3 cm³/mol. The van der Waals surface area contributed by atoms with Gasteiger partial charge in [-0.2, -0.15) is 11.8 Å². The van der Waals surface area contributed by atoms with Gasteiger partial charge in [-0.1, -0.05) is 24.3 Å². The number of nitrogens with one attached hydrogen (secondary N) is 2. The van der Waals surface area contributed by atoms with Gasteiger partial charge < -0.3 is 15.4 Å². The third-order valence-corrected chi connectivity index (χ3v) is 4.49. The minimum Gasteiger partial charge on any atom is -0.371 e. The topological polar surface area (TPSA) is 67.4 Å². The van der Waals surface area contributed by atoms with Gasteiger partial charge in [0.1, 0.15) is 6.04 Å². The van der Waals surface area contributed by atoms with Crippen molar-refractivity contribution in [3.05, 3.63) is 35.4 Å². The molecular formula is C17H24N2O3S. The van der Waals surface area contributed by atoms with Gasteiger partial charge in [-0.05, 0) is 29.6 Å². The summed E-state index contributed by atoms with van der Waals surface area (Å²) in [5.41, 5.74) is 2.49. The highest BCUT2D eigenvalue weighted by atomic mass is 32.2. The highest BCUT2D eigenvalue weighted by molar-refractivity contribution is 7.98. The summed E-state index contributed by atoms with van der Waals surface area (Å²) in [4.78, 5) is 23.5. The first kappa shape index (κ1) is 17.8. The lowest BCUT2D eigenvalue weighted by atomic mass is 9.99. The van der Waals surface area contributed by atoms with E-state index in [2.05, 4.69) is 22.8 Å². The zero-order valence-corrected chi connectivity index (χ0v) is 14.4. The van der Waals surface area contributed by atoms with Gasteiger partial charge in [0, 0.05) is 19.9 Å². The highest BCUT2D eigenvalue weighted by Crippen LogP contribution is 2.19. The molecule has 2 N–H and O–H groups in total. The molecule has 126 valence electrons. The maximum Gasteiger partial charge on any atom is 0.242 e. The first-order valence-electron chi connectivity index (χ1n) is 7.82. The second-order valence-electron chi connectivity index (χ2n) is 5.69. The Kier molecular flexibility index (Phi) is 6.92. The molecule has 1 heterocycles. The molecule has 5 nitrogen and oxygen atoms in total. The Bertz CT molecular complexity index is 550. The number of benzene rings is 1. The molecular weight excluding hydrogens is 312 g/mol. The molecule has 23 heavy (non-hydrogen) atoms. The normalized spacial score (nSPS) is 17.9. The average molecular weight is 336 g/mol. The zero-order chi connectivity index (χ0) is 16.7. The van der Waals surface area contributed by atoms with Gasteiger partial charge in [0.15, 0.2) is 0 Å². The van der Waals surface area contributed by atoms with Crippen molar-refractivity contribution in [3.63, 3.8) is 0 Å². The van der Waals surface area contributed by atoms with Crippen LogP contribution in [0.25, 0.3) is 0 Å². The third-order valence-electron chi connectivity index (χ3n) is 3.85. The van der Waals surface area contributed by atoms with E-state index in [4.69, 9.17) is 4.74 Å². The van der Waals surface area contributed by atoms with Crippen molar-refractivity contribution in [2.75, 3.05) is 18.6 Å². The quantitative estimate of drug-likeness (QED) is 0.792. The summed E-state index contributed by atoms with van der Waals surface area (Å²) in [6.45, 7) is 2.47. The summed E-state index contributed by atoms with van der Waals surface area (Å²) < 4.78 is 5.79. The van der Waals surface area contributed by atoms with E-state index in [-0.39, 0.29) is 17.9 Å². The number of hydrogen-bond donors (Lipinski definition) is 2. The van der Waals surface area contributed by atoms with E-state index >= 15 is 0 Å². The number of fused-ring (bicyclic) bond motifs is 1. The Morgan fingerprint density at radius 1 is 1.35 bits per heavy atom. The van der Waals surface area contributed by atoms with Gasteiger partial charge in [-0.3, -0.25) is 9.59 Å². The second kappa shape index (κ2) is 8.93. The molecule has 1 aliphatic heterocycles. The standard InChI is InChI=1S/C17H24N2O3S/c1-12(20)19-16(7-8-23-2)17(21)18-10-15-9-13-5-3-4-6-14(13)11-22-15/h3-6,15-16H,7-11H2,1-2H3,(H,18,21)(H,19,20).